The van der Waals surface area contributed by atoms with Crippen LogP contribution in [0, 0.1) is 13.8 Å². The molecule has 4 rings (SSSR count). The van der Waals surface area contributed by atoms with Gasteiger partial charge < -0.3 is 0 Å². The summed E-state index contributed by atoms with van der Waals surface area (Å²) < 4.78 is 28.4. The van der Waals surface area contributed by atoms with Crippen molar-refractivity contribution >= 4 is 27.5 Å². The van der Waals surface area contributed by atoms with Gasteiger partial charge in [-0.15, -0.1) is 0 Å². The highest BCUT2D eigenvalue weighted by Gasteiger charge is 2.46. The maximum Gasteiger partial charge on any atom is 0.252 e. The Labute approximate surface area is 188 Å². The normalized spacial score (nSPS) is 16.7. The van der Waals surface area contributed by atoms with Gasteiger partial charge in [0.25, 0.3) is 5.91 Å². The van der Waals surface area contributed by atoms with Gasteiger partial charge in [-0.1, -0.05) is 65.7 Å². The van der Waals surface area contributed by atoms with Gasteiger partial charge in [-0.3, -0.25) is 9.59 Å². The summed E-state index contributed by atoms with van der Waals surface area (Å²) in [5, 5.41) is 0. The smallest absolute Gasteiger partial charge is 0.252 e. The van der Waals surface area contributed by atoms with Crippen LogP contribution in [0.25, 0.3) is 0 Å². The van der Waals surface area contributed by atoms with E-state index >= 15 is 0 Å². The lowest BCUT2D eigenvalue weighted by Gasteiger charge is -2.27. The van der Waals surface area contributed by atoms with Crippen molar-refractivity contribution in [2.24, 2.45) is 0 Å². The molecule has 1 atom stereocenters. The summed E-state index contributed by atoms with van der Waals surface area (Å²) in [6, 6.07) is 21.5. The minimum atomic E-state index is -4.03. The molecule has 0 radical (unpaired) electrons. The average molecular weight is 449 g/mol. The van der Waals surface area contributed by atoms with Crippen molar-refractivity contribution < 1.29 is 18.0 Å². The number of rotatable bonds is 6. The lowest BCUT2D eigenvalue weighted by Crippen LogP contribution is -2.45. The third-order valence-corrected chi connectivity index (χ3v) is 7.44. The van der Waals surface area contributed by atoms with Crippen LogP contribution in [0.4, 0.5) is 5.69 Å². The molecule has 0 spiro atoms. The van der Waals surface area contributed by atoms with Gasteiger partial charge in [0.15, 0.2) is 0 Å². The van der Waals surface area contributed by atoms with Crippen molar-refractivity contribution in [1.82, 2.24) is 4.31 Å². The molecule has 1 aliphatic rings. The van der Waals surface area contributed by atoms with E-state index in [1.54, 1.807) is 36.4 Å². The van der Waals surface area contributed by atoms with Gasteiger partial charge in [-0.2, -0.15) is 4.31 Å². The number of carbonyl (C=O) groups is 2. The fraction of sp³-hybridized carbons (Fsp3) is 0.200. The Morgan fingerprint density at radius 1 is 0.844 bits per heavy atom. The number of hydrogen-bond acceptors (Lipinski definition) is 4. The topological polar surface area (TPSA) is 74.8 Å². The molecule has 0 aromatic heterocycles. The molecule has 0 saturated carbocycles. The number of imide groups is 1. The molecule has 1 saturated heterocycles. The second-order valence-electron chi connectivity index (χ2n) is 7.97. The highest BCUT2D eigenvalue weighted by atomic mass is 32.2. The zero-order valence-electron chi connectivity index (χ0n) is 17.9. The van der Waals surface area contributed by atoms with Crippen molar-refractivity contribution in [2.45, 2.75) is 37.8 Å². The first-order chi connectivity index (χ1) is 15.3. The van der Waals surface area contributed by atoms with Gasteiger partial charge in [0, 0.05) is 6.54 Å². The van der Waals surface area contributed by atoms with E-state index in [1.807, 2.05) is 44.2 Å². The average Bonchev–Trinajstić information content (AvgIpc) is 3.07. The fourth-order valence-electron chi connectivity index (χ4n) is 3.78. The lowest BCUT2D eigenvalue weighted by molar-refractivity contribution is -0.122. The first-order valence-electron chi connectivity index (χ1n) is 10.3. The summed E-state index contributed by atoms with van der Waals surface area (Å²) in [5.41, 5.74) is 3.10. The van der Waals surface area contributed by atoms with Crippen LogP contribution < -0.4 is 4.90 Å². The number of carbonyl (C=O) groups excluding carboxylic acids is 2. The number of amides is 2. The number of anilines is 1. The Morgan fingerprint density at radius 2 is 1.41 bits per heavy atom. The molecule has 0 N–H and O–H groups in total. The minimum Gasteiger partial charge on any atom is -0.274 e. The number of hydrogen-bond donors (Lipinski definition) is 0. The van der Waals surface area contributed by atoms with Crippen molar-refractivity contribution in [3.63, 3.8) is 0 Å². The van der Waals surface area contributed by atoms with E-state index in [2.05, 4.69) is 0 Å². The fourth-order valence-corrected chi connectivity index (χ4v) is 5.35. The standard InChI is InChI=1S/C25H24N2O4S/c1-18-8-12-21(13-9-18)27-24(28)16-23(25(27)29)26(17-20-6-4-3-5-7-20)32(30,31)22-14-10-19(2)11-15-22/h3-15,23H,16-17H2,1-2H3. The highest BCUT2D eigenvalue weighted by Crippen LogP contribution is 2.30. The van der Waals surface area contributed by atoms with Gasteiger partial charge in [0.05, 0.1) is 17.0 Å². The van der Waals surface area contributed by atoms with Crippen LogP contribution in [0.15, 0.2) is 83.8 Å². The van der Waals surface area contributed by atoms with Crippen LogP contribution in [0.3, 0.4) is 0 Å². The van der Waals surface area contributed by atoms with Crippen LogP contribution in [-0.2, 0) is 26.2 Å². The maximum atomic E-state index is 13.6. The first-order valence-corrected chi connectivity index (χ1v) is 11.8. The van der Waals surface area contributed by atoms with Crippen molar-refractivity contribution in [3.05, 3.63) is 95.6 Å². The largest absolute Gasteiger partial charge is 0.274 e. The molecule has 1 aliphatic heterocycles. The SMILES string of the molecule is Cc1ccc(N2C(=O)CC(N(Cc3ccccc3)S(=O)(=O)c3ccc(C)cc3)C2=O)cc1. The molecular formula is C25H24N2O4S. The summed E-state index contributed by atoms with van der Waals surface area (Å²) in [6.45, 7) is 3.77. The molecule has 2 amide bonds. The quantitative estimate of drug-likeness (QED) is 0.537. The Hall–Kier alpha value is -3.29. The van der Waals surface area contributed by atoms with Crippen molar-refractivity contribution in [3.8, 4) is 0 Å². The number of nitrogens with zero attached hydrogens (tertiary/aromatic N) is 2. The Kier molecular flexibility index (Phi) is 5.95. The second-order valence-corrected chi connectivity index (χ2v) is 9.86. The predicted molar refractivity (Wildman–Crippen MR) is 122 cm³/mol. The summed E-state index contributed by atoms with van der Waals surface area (Å²) in [5.74, 6) is -0.952. The number of sulfonamides is 1. The van der Waals surface area contributed by atoms with Crippen molar-refractivity contribution in [1.29, 1.82) is 0 Å². The van der Waals surface area contributed by atoms with Crippen LogP contribution in [0.2, 0.25) is 0 Å². The molecule has 32 heavy (non-hydrogen) atoms. The van der Waals surface area contributed by atoms with Crippen LogP contribution in [0.1, 0.15) is 23.1 Å². The summed E-state index contributed by atoms with van der Waals surface area (Å²) in [6.07, 6.45) is -0.204. The van der Waals surface area contributed by atoms with Gasteiger partial charge in [-0.05, 0) is 43.7 Å². The van der Waals surface area contributed by atoms with E-state index < -0.39 is 27.9 Å². The molecule has 3 aromatic carbocycles. The molecule has 1 fully saturated rings. The number of aryl methyl sites for hydroxylation is 2. The molecule has 6 nitrogen and oxygen atoms in total. The Morgan fingerprint density at radius 3 is 2.00 bits per heavy atom. The van der Waals surface area contributed by atoms with Crippen LogP contribution >= 0.6 is 0 Å². The van der Waals surface area contributed by atoms with Crippen LogP contribution in [-0.4, -0.2) is 30.6 Å². The van der Waals surface area contributed by atoms with E-state index in [1.165, 1.54) is 12.1 Å². The predicted octanol–water partition coefficient (Wildman–Crippen LogP) is 3.83. The highest BCUT2D eigenvalue weighted by molar-refractivity contribution is 7.89. The van der Waals surface area contributed by atoms with E-state index in [4.69, 9.17) is 0 Å². The third kappa shape index (κ3) is 4.22. The molecule has 164 valence electrons. The minimum absolute atomic E-state index is 0.0114. The summed E-state index contributed by atoms with van der Waals surface area (Å²) >= 11 is 0. The van der Waals surface area contributed by atoms with Gasteiger partial charge >= 0.3 is 0 Å². The van der Waals surface area contributed by atoms with Crippen LogP contribution in [0.5, 0.6) is 0 Å². The van der Waals surface area contributed by atoms with E-state index in [9.17, 15) is 18.0 Å². The van der Waals surface area contributed by atoms with E-state index in [0.717, 1.165) is 25.9 Å². The second kappa shape index (κ2) is 8.68. The van der Waals surface area contributed by atoms with Gasteiger partial charge in [0.1, 0.15) is 6.04 Å². The lowest BCUT2D eigenvalue weighted by atomic mass is 10.2. The van der Waals surface area contributed by atoms with Crippen molar-refractivity contribution in [2.75, 3.05) is 4.90 Å². The molecule has 1 unspecified atom stereocenters. The number of benzene rings is 3. The zero-order valence-corrected chi connectivity index (χ0v) is 18.7. The zero-order chi connectivity index (χ0) is 22.9. The maximum absolute atomic E-state index is 13.6. The molecule has 7 heteroatoms. The molecule has 1 heterocycles. The Balaban J connectivity index is 1.74. The first kappa shape index (κ1) is 21.9. The van der Waals surface area contributed by atoms with Gasteiger partial charge in [0.2, 0.25) is 15.9 Å². The Bertz CT molecular complexity index is 1240. The monoisotopic (exact) mass is 448 g/mol. The van der Waals surface area contributed by atoms with E-state index in [0.29, 0.717) is 5.69 Å². The molecule has 0 aliphatic carbocycles. The summed E-state index contributed by atoms with van der Waals surface area (Å²) in [7, 11) is -4.03. The van der Waals surface area contributed by atoms with E-state index in [-0.39, 0.29) is 17.9 Å². The molecule has 0 bridgehead atoms. The molecular weight excluding hydrogens is 424 g/mol. The third-order valence-electron chi connectivity index (χ3n) is 5.57. The summed E-state index contributed by atoms with van der Waals surface area (Å²) in [4.78, 5) is 27.4. The molecule has 3 aromatic rings. The van der Waals surface area contributed by atoms with Gasteiger partial charge in [-0.25, -0.2) is 13.3 Å².